The molecule has 0 aliphatic rings. The molecule has 0 fully saturated rings. The molecule has 0 heterocycles. The predicted molar refractivity (Wildman–Crippen MR) is 208 cm³/mol. The van der Waals surface area contributed by atoms with E-state index >= 15 is 0 Å². The van der Waals surface area contributed by atoms with E-state index in [-0.39, 0.29) is 42.7 Å². The number of hydrogen-bond acceptors (Lipinski definition) is 7. The molecule has 0 saturated heterocycles. The lowest BCUT2D eigenvalue weighted by atomic mass is 10.1. The number of esters is 2. The fourth-order valence-corrected chi connectivity index (χ4v) is 5.77. The van der Waals surface area contributed by atoms with Crippen molar-refractivity contribution < 1.29 is 38.2 Å². The Balaban J connectivity index is 4.40. The summed E-state index contributed by atoms with van der Waals surface area (Å²) in [5, 5.41) is 11.6. The molecule has 0 rings (SSSR count). The molecule has 2 atom stereocenters. The Morgan fingerprint density at radius 3 is 1.61 bits per heavy atom. The lowest BCUT2D eigenvalue weighted by Gasteiger charge is -2.34. The Morgan fingerprint density at radius 1 is 0.588 bits per heavy atom. The zero-order valence-corrected chi connectivity index (χ0v) is 33.5. The second kappa shape index (κ2) is 34.6. The number of likely N-dealkylation sites (N-methyl/N-ethyl adjacent to an activating group) is 1. The van der Waals surface area contributed by atoms with Gasteiger partial charge < -0.3 is 28.6 Å². The molecular weight excluding hydrogens is 642 g/mol. The quantitative estimate of drug-likeness (QED) is 0.0209. The zero-order valence-electron chi connectivity index (χ0n) is 33.5. The standard InChI is InChI=1S/C43H77NO7/c1-6-8-10-12-14-16-17-18-19-20-21-22-23-24-26-28-30-32-34-42(46)51-39(37-49-36-35-40(43(47)48)44(3,4)5)38-50-41(45)33-31-29-27-25-15-13-11-9-7-2/h19-22,25,27,39-40H,6-18,23-24,26,28-38H2,1-5H3/b20-19+,22-21+,27-25+. The molecule has 296 valence electrons. The minimum absolute atomic E-state index is 0.0263. The summed E-state index contributed by atoms with van der Waals surface area (Å²) in [6.07, 6.45) is 37.5. The number of hydrogen-bond donors (Lipinski definition) is 0. The molecule has 8 nitrogen and oxygen atoms in total. The van der Waals surface area contributed by atoms with Crippen LogP contribution in [0.2, 0.25) is 0 Å². The van der Waals surface area contributed by atoms with Crippen molar-refractivity contribution in [3.8, 4) is 0 Å². The number of carboxylic acids is 1. The summed E-state index contributed by atoms with van der Waals surface area (Å²) in [5.41, 5.74) is 0. The normalized spacial score (nSPS) is 13.4. The first-order valence-electron chi connectivity index (χ1n) is 20.5. The molecule has 0 N–H and O–H groups in total. The molecule has 0 aromatic rings. The smallest absolute Gasteiger partial charge is 0.306 e. The maximum Gasteiger partial charge on any atom is 0.306 e. The van der Waals surface area contributed by atoms with Gasteiger partial charge in [0.25, 0.3) is 0 Å². The second-order valence-corrected chi connectivity index (χ2v) is 14.9. The average molecular weight is 720 g/mol. The van der Waals surface area contributed by atoms with E-state index in [2.05, 4.69) is 50.3 Å². The van der Waals surface area contributed by atoms with Gasteiger partial charge in [0.2, 0.25) is 0 Å². The number of rotatable bonds is 36. The highest BCUT2D eigenvalue weighted by atomic mass is 16.6. The third-order valence-electron chi connectivity index (χ3n) is 9.03. The van der Waals surface area contributed by atoms with Crippen molar-refractivity contribution in [1.29, 1.82) is 0 Å². The first-order valence-corrected chi connectivity index (χ1v) is 20.5. The Labute approximate surface area is 313 Å². The number of allylic oxidation sites excluding steroid dienone is 6. The van der Waals surface area contributed by atoms with Crippen LogP contribution in [-0.4, -0.2) is 75.5 Å². The molecule has 0 aliphatic heterocycles. The SMILES string of the molecule is CCCCCC/C=C/CCCC(=O)OCC(COCCC(C(=O)[O-])[N+](C)(C)C)OC(=O)CCCCCCC/C=C/C=C/CCCCCCCCC. The Kier molecular flexibility index (Phi) is 33.0. The van der Waals surface area contributed by atoms with Crippen LogP contribution < -0.4 is 5.11 Å². The minimum atomic E-state index is -1.13. The van der Waals surface area contributed by atoms with E-state index < -0.39 is 18.1 Å². The fourth-order valence-electron chi connectivity index (χ4n) is 5.77. The van der Waals surface area contributed by atoms with Crippen molar-refractivity contribution >= 4 is 17.9 Å². The van der Waals surface area contributed by atoms with E-state index in [9.17, 15) is 19.5 Å². The van der Waals surface area contributed by atoms with Crippen LogP contribution in [-0.2, 0) is 28.6 Å². The molecule has 0 aromatic heterocycles. The molecule has 0 bridgehead atoms. The summed E-state index contributed by atoms with van der Waals surface area (Å²) in [4.78, 5) is 36.6. The molecule has 0 saturated carbocycles. The Bertz CT molecular complexity index is 937. The summed E-state index contributed by atoms with van der Waals surface area (Å²) in [6.45, 7) is 4.56. The molecule has 0 spiro atoms. The number of ether oxygens (including phenoxy) is 3. The van der Waals surface area contributed by atoms with Crippen molar-refractivity contribution in [2.45, 2.75) is 180 Å². The third kappa shape index (κ3) is 33.2. The van der Waals surface area contributed by atoms with Crippen molar-refractivity contribution in [2.24, 2.45) is 0 Å². The number of nitrogens with zero attached hydrogens (tertiary/aromatic N) is 1. The molecule has 0 aliphatic carbocycles. The highest BCUT2D eigenvalue weighted by Crippen LogP contribution is 2.12. The van der Waals surface area contributed by atoms with Crippen molar-refractivity contribution in [2.75, 3.05) is 41.0 Å². The summed E-state index contributed by atoms with van der Waals surface area (Å²) < 4.78 is 17.0. The van der Waals surface area contributed by atoms with Gasteiger partial charge in [-0.25, -0.2) is 0 Å². The van der Waals surface area contributed by atoms with Crippen LogP contribution in [0.3, 0.4) is 0 Å². The van der Waals surface area contributed by atoms with E-state index in [4.69, 9.17) is 14.2 Å². The maximum atomic E-state index is 12.7. The van der Waals surface area contributed by atoms with Crippen LogP contribution in [0.5, 0.6) is 0 Å². The van der Waals surface area contributed by atoms with E-state index in [1.54, 1.807) is 21.1 Å². The number of carboxylic acid groups (broad SMARTS) is 1. The number of carbonyl (C=O) groups excluding carboxylic acids is 3. The van der Waals surface area contributed by atoms with E-state index in [0.717, 1.165) is 51.4 Å². The first-order chi connectivity index (χ1) is 24.6. The van der Waals surface area contributed by atoms with Crippen molar-refractivity contribution in [3.05, 3.63) is 36.5 Å². The van der Waals surface area contributed by atoms with Crippen LogP contribution in [0.4, 0.5) is 0 Å². The van der Waals surface area contributed by atoms with Gasteiger partial charge >= 0.3 is 11.9 Å². The molecule has 0 amide bonds. The topological polar surface area (TPSA) is 102 Å². The van der Waals surface area contributed by atoms with Gasteiger partial charge in [-0.2, -0.15) is 0 Å². The number of quaternary nitrogens is 1. The summed E-state index contributed by atoms with van der Waals surface area (Å²) in [7, 11) is 5.38. The van der Waals surface area contributed by atoms with E-state index in [1.807, 2.05) is 0 Å². The molecule has 0 aromatic carbocycles. The summed E-state index contributed by atoms with van der Waals surface area (Å²) in [6, 6.07) is -0.730. The number of aliphatic carboxylic acids is 1. The maximum absolute atomic E-state index is 12.7. The highest BCUT2D eigenvalue weighted by molar-refractivity contribution is 5.70. The van der Waals surface area contributed by atoms with E-state index in [0.29, 0.717) is 19.3 Å². The summed E-state index contributed by atoms with van der Waals surface area (Å²) >= 11 is 0. The van der Waals surface area contributed by atoms with Gasteiger partial charge in [0.1, 0.15) is 12.6 Å². The number of unbranched alkanes of at least 4 members (excludes halogenated alkanes) is 17. The second-order valence-electron chi connectivity index (χ2n) is 14.9. The van der Waals surface area contributed by atoms with Crippen LogP contribution >= 0.6 is 0 Å². The molecular formula is C43H77NO7. The molecule has 8 heteroatoms. The van der Waals surface area contributed by atoms with Gasteiger partial charge in [-0.15, -0.1) is 0 Å². The molecule has 51 heavy (non-hydrogen) atoms. The Hall–Kier alpha value is -2.45. The van der Waals surface area contributed by atoms with Crippen LogP contribution in [0.25, 0.3) is 0 Å². The minimum Gasteiger partial charge on any atom is -0.544 e. The van der Waals surface area contributed by atoms with Crippen molar-refractivity contribution in [1.82, 2.24) is 0 Å². The van der Waals surface area contributed by atoms with Crippen LogP contribution in [0.15, 0.2) is 36.5 Å². The van der Waals surface area contributed by atoms with Gasteiger partial charge in [0.15, 0.2) is 6.10 Å². The van der Waals surface area contributed by atoms with Gasteiger partial charge in [0, 0.05) is 19.3 Å². The van der Waals surface area contributed by atoms with Gasteiger partial charge in [0.05, 0.1) is 40.3 Å². The lowest BCUT2D eigenvalue weighted by Crippen LogP contribution is -2.55. The Morgan fingerprint density at radius 2 is 1.06 bits per heavy atom. The van der Waals surface area contributed by atoms with Crippen molar-refractivity contribution in [3.63, 3.8) is 0 Å². The van der Waals surface area contributed by atoms with Crippen LogP contribution in [0, 0.1) is 0 Å². The van der Waals surface area contributed by atoms with Crippen LogP contribution in [0.1, 0.15) is 168 Å². The highest BCUT2D eigenvalue weighted by Gasteiger charge is 2.25. The predicted octanol–water partition coefficient (Wildman–Crippen LogP) is 9.35. The lowest BCUT2D eigenvalue weighted by molar-refractivity contribution is -0.889. The summed E-state index contributed by atoms with van der Waals surface area (Å²) in [5.74, 6) is -1.80. The number of carbonyl (C=O) groups is 3. The molecule has 2 unspecified atom stereocenters. The third-order valence-corrected chi connectivity index (χ3v) is 9.03. The van der Waals surface area contributed by atoms with Gasteiger partial charge in [-0.3, -0.25) is 9.59 Å². The van der Waals surface area contributed by atoms with E-state index in [1.165, 1.54) is 77.0 Å². The van der Waals surface area contributed by atoms with Gasteiger partial charge in [-0.1, -0.05) is 127 Å². The van der Waals surface area contributed by atoms with Gasteiger partial charge in [-0.05, 0) is 57.8 Å². The average Bonchev–Trinajstić information content (AvgIpc) is 3.08. The molecule has 0 radical (unpaired) electrons. The first kappa shape index (κ1) is 48.5. The largest absolute Gasteiger partial charge is 0.544 e. The monoisotopic (exact) mass is 720 g/mol. The zero-order chi connectivity index (χ0) is 37.8. The fraction of sp³-hybridized carbons (Fsp3) is 0.791.